The summed E-state index contributed by atoms with van der Waals surface area (Å²) in [4.78, 5) is 34.0. The number of thiophene rings is 1. The Hall–Kier alpha value is -2.52. The molecule has 0 saturated heterocycles. The first-order valence-corrected chi connectivity index (χ1v) is 10.6. The summed E-state index contributed by atoms with van der Waals surface area (Å²) in [6.07, 6.45) is 0.914. The molecule has 5 nitrogen and oxygen atoms in total. The number of fused-ring (bicyclic) bond motifs is 1. The van der Waals surface area contributed by atoms with Crippen LogP contribution in [-0.4, -0.2) is 32.7 Å². The molecule has 0 spiro atoms. The summed E-state index contributed by atoms with van der Waals surface area (Å²) in [7, 11) is 0. The van der Waals surface area contributed by atoms with E-state index in [0.717, 1.165) is 16.8 Å². The van der Waals surface area contributed by atoms with Gasteiger partial charge in [0, 0.05) is 51.9 Å². The number of aryl methyl sites for hydroxylation is 1. The Kier molecular flexibility index (Phi) is 5.04. The van der Waals surface area contributed by atoms with Crippen molar-refractivity contribution in [2.75, 3.05) is 0 Å². The third-order valence-electron chi connectivity index (χ3n) is 4.78. The minimum atomic E-state index is -2.76. The molecular weight excluding hydrogens is 418 g/mol. The molecule has 0 saturated carbocycles. The van der Waals surface area contributed by atoms with Crippen molar-refractivity contribution in [3.8, 4) is 10.6 Å². The highest BCUT2D eigenvalue weighted by Gasteiger charge is 2.38. The van der Waals surface area contributed by atoms with Crippen molar-refractivity contribution in [3.05, 3.63) is 56.0 Å². The van der Waals surface area contributed by atoms with Gasteiger partial charge in [-0.05, 0) is 31.0 Å². The molecule has 9 heteroatoms. The van der Waals surface area contributed by atoms with E-state index >= 15 is 0 Å². The Morgan fingerprint density at radius 3 is 2.83 bits per heavy atom. The van der Waals surface area contributed by atoms with Crippen LogP contribution in [0.3, 0.4) is 0 Å². The number of ketones is 1. The van der Waals surface area contributed by atoms with Crippen LogP contribution >= 0.6 is 22.7 Å². The number of Topliss-reactive ketones (excluding diaryl/α,β-unsaturated/α-hetero) is 1. The molecule has 29 heavy (non-hydrogen) atoms. The SMILES string of the molecule is Cc1csc(-c2c(CC(=O)c3ncccc3C(=O)O)sc3c2CCC(F)(F)C3)n1. The predicted molar refractivity (Wildman–Crippen MR) is 106 cm³/mol. The number of hydrogen-bond acceptors (Lipinski definition) is 6. The standard InChI is InChI=1S/C20H16F2N2O3S2/c1-10-9-28-18(24-10)16-11-4-5-20(21,22)8-15(11)29-14(16)7-13(25)17-12(19(26)27)3-2-6-23-17/h2-3,6,9H,4-5,7-8H2,1H3,(H,26,27). The fourth-order valence-corrected chi connectivity index (χ4v) is 5.87. The zero-order chi connectivity index (χ0) is 20.8. The monoisotopic (exact) mass is 434 g/mol. The Morgan fingerprint density at radius 1 is 1.34 bits per heavy atom. The molecule has 1 aliphatic rings. The lowest BCUT2D eigenvalue weighted by molar-refractivity contribution is -0.0111. The summed E-state index contributed by atoms with van der Waals surface area (Å²) in [5.41, 5.74) is 2.11. The summed E-state index contributed by atoms with van der Waals surface area (Å²) in [5, 5.41) is 11.9. The highest BCUT2D eigenvalue weighted by molar-refractivity contribution is 7.15. The number of carbonyl (C=O) groups is 2. The molecule has 3 aromatic rings. The summed E-state index contributed by atoms with van der Waals surface area (Å²) in [6, 6.07) is 2.78. The van der Waals surface area contributed by atoms with Gasteiger partial charge >= 0.3 is 5.97 Å². The fourth-order valence-electron chi connectivity index (χ4n) is 3.48. The molecule has 150 valence electrons. The van der Waals surface area contributed by atoms with Crippen molar-refractivity contribution in [1.82, 2.24) is 9.97 Å². The quantitative estimate of drug-likeness (QED) is 0.582. The van der Waals surface area contributed by atoms with Crippen LogP contribution in [0.25, 0.3) is 10.6 Å². The van der Waals surface area contributed by atoms with Gasteiger partial charge in [-0.1, -0.05) is 0 Å². The van der Waals surface area contributed by atoms with E-state index in [1.807, 2.05) is 12.3 Å². The topological polar surface area (TPSA) is 80.2 Å². The van der Waals surface area contributed by atoms with Crippen LogP contribution in [0.5, 0.6) is 0 Å². The van der Waals surface area contributed by atoms with Crippen LogP contribution in [0.4, 0.5) is 8.78 Å². The average Bonchev–Trinajstić information content (AvgIpc) is 3.23. The maximum Gasteiger partial charge on any atom is 0.338 e. The predicted octanol–water partition coefficient (Wildman–Crippen LogP) is 4.82. The fraction of sp³-hybridized carbons (Fsp3) is 0.300. The number of halogens is 2. The Morgan fingerprint density at radius 2 is 2.14 bits per heavy atom. The van der Waals surface area contributed by atoms with Gasteiger partial charge in [0.2, 0.25) is 0 Å². The van der Waals surface area contributed by atoms with Gasteiger partial charge in [-0.2, -0.15) is 0 Å². The van der Waals surface area contributed by atoms with Crippen molar-refractivity contribution >= 4 is 34.4 Å². The molecule has 4 rings (SSSR count). The normalized spacial score (nSPS) is 15.1. The van der Waals surface area contributed by atoms with E-state index in [-0.39, 0.29) is 36.9 Å². The maximum atomic E-state index is 14.0. The van der Waals surface area contributed by atoms with E-state index in [2.05, 4.69) is 9.97 Å². The van der Waals surface area contributed by atoms with E-state index in [1.165, 1.54) is 41.0 Å². The number of aromatic nitrogens is 2. The van der Waals surface area contributed by atoms with E-state index in [9.17, 15) is 23.5 Å². The highest BCUT2D eigenvalue weighted by atomic mass is 32.1. The summed E-state index contributed by atoms with van der Waals surface area (Å²) < 4.78 is 27.9. The van der Waals surface area contributed by atoms with Crippen LogP contribution in [0.1, 0.15) is 48.3 Å². The van der Waals surface area contributed by atoms with Crippen LogP contribution in [0.2, 0.25) is 0 Å². The second-order valence-corrected chi connectivity index (χ2v) is 8.98. The van der Waals surface area contributed by atoms with E-state index in [0.29, 0.717) is 14.8 Å². The van der Waals surface area contributed by atoms with Crippen molar-refractivity contribution in [2.24, 2.45) is 0 Å². The number of carboxylic acid groups (broad SMARTS) is 1. The van der Waals surface area contributed by atoms with E-state index in [1.54, 1.807) is 0 Å². The molecular formula is C20H16F2N2O3S2. The zero-order valence-corrected chi connectivity index (χ0v) is 17.0. The van der Waals surface area contributed by atoms with Gasteiger partial charge in [0.1, 0.15) is 10.7 Å². The van der Waals surface area contributed by atoms with Gasteiger partial charge in [0.05, 0.1) is 5.56 Å². The minimum Gasteiger partial charge on any atom is -0.478 e. The number of hydrogen-bond donors (Lipinski definition) is 1. The van der Waals surface area contributed by atoms with Crippen molar-refractivity contribution in [3.63, 3.8) is 0 Å². The molecule has 0 atom stereocenters. The first kappa shape index (κ1) is 19.8. The average molecular weight is 434 g/mol. The van der Waals surface area contributed by atoms with Crippen LogP contribution in [0.15, 0.2) is 23.7 Å². The zero-order valence-electron chi connectivity index (χ0n) is 15.4. The van der Waals surface area contributed by atoms with Gasteiger partial charge in [-0.15, -0.1) is 22.7 Å². The van der Waals surface area contributed by atoms with Gasteiger partial charge in [-0.25, -0.2) is 18.6 Å². The van der Waals surface area contributed by atoms with Crippen LogP contribution in [-0.2, 0) is 19.3 Å². The van der Waals surface area contributed by atoms with Gasteiger partial charge in [0.15, 0.2) is 5.78 Å². The molecule has 0 aliphatic heterocycles. The number of nitrogens with zero attached hydrogens (tertiary/aromatic N) is 2. The molecule has 0 fully saturated rings. The largest absolute Gasteiger partial charge is 0.478 e. The van der Waals surface area contributed by atoms with Crippen molar-refractivity contribution in [2.45, 2.75) is 38.5 Å². The second kappa shape index (κ2) is 7.38. The third-order valence-corrected chi connectivity index (χ3v) is 6.99. The van der Waals surface area contributed by atoms with E-state index < -0.39 is 17.7 Å². The molecule has 3 aromatic heterocycles. The molecule has 0 aromatic carbocycles. The Balaban J connectivity index is 1.77. The lowest BCUT2D eigenvalue weighted by Crippen LogP contribution is -2.24. The Bertz CT molecular complexity index is 1120. The number of carboxylic acids is 1. The number of carbonyl (C=O) groups excluding carboxylic acids is 1. The molecule has 0 amide bonds. The highest BCUT2D eigenvalue weighted by Crippen LogP contribution is 2.45. The Labute approximate surface area is 173 Å². The molecule has 1 aliphatic carbocycles. The molecule has 3 heterocycles. The molecule has 0 bridgehead atoms. The third kappa shape index (κ3) is 3.84. The molecule has 1 N–H and O–H groups in total. The van der Waals surface area contributed by atoms with Gasteiger partial charge in [0.25, 0.3) is 5.92 Å². The van der Waals surface area contributed by atoms with Crippen LogP contribution in [0, 0.1) is 6.92 Å². The van der Waals surface area contributed by atoms with Crippen LogP contribution < -0.4 is 0 Å². The van der Waals surface area contributed by atoms with Crippen molar-refractivity contribution in [1.29, 1.82) is 0 Å². The number of thiazole rings is 1. The summed E-state index contributed by atoms with van der Waals surface area (Å²) in [5.74, 6) is -4.45. The number of aromatic carboxylic acids is 1. The van der Waals surface area contributed by atoms with E-state index in [4.69, 9.17) is 0 Å². The van der Waals surface area contributed by atoms with Gasteiger partial charge < -0.3 is 5.11 Å². The number of rotatable bonds is 5. The minimum absolute atomic E-state index is 0.103. The lowest BCUT2D eigenvalue weighted by atomic mass is 9.91. The summed E-state index contributed by atoms with van der Waals surface area (Å²) in [6.45, 7) is 1.85. The number of pyridine rings is 1. The van der Waals surface area contributed by atoms with Gasteiger partial charge in [-0.3, -0.25) is 9.78 Å². The summed E-state index contributed by atoms with van der Waals surface area (Å²) >= 11 is 2.61. The lowest BCUT2D eigenvalue weighted by Gasteiger charge is -2.22. The molecule has 0 radical (unpaired) electrons. The van der Waals surface area contributed by atoms with Crippen molar-refractivity contribution < 1.29 is 23.5 Å². The second-order valence-electron chi connectivity index (χ2n) is 6.93. The first-order valence-electron chi connectivity index (χ1n) is 8.90. The smallest absolute Gasteiger partial charge is 0.338 e. The first-order chi connectivity index (χ1) is 13.7. The number of alkyl halides is 2. The molecule has 0 unspecified atom stereocenters. The maximum absolute atomic E-state index is 14.0.